The maximum atomic E-state index is 13.0. The number of hydrogen-bond donors (Lipinski definition) is 0. The molecule has 0 fully saturated rings. The number of carbonyl (C=O) groups excluding carboxylic acids is 3. The monoisotopic (exact) mass is 1140 g/mol. The standard InChI is InChI=1S/C75H140O6/c1-4-7-10-13-16-19-22-25-27-29-31-33-35-36-37-38-40-41-43-45-47-50-53-56-59-62-65-68-74(77)80-71-72(70-79-73(76)67-64-61-58-55-52-49-24-21-18-15-12-9-6-3)81-75(78)69-66-63-60-57-54-51-48-46-44-42-39-34-32-30-28-26-23-20-17-14-11-8-5-2/h21,24,29-32,72H,4-20,22-23,25-28,33-71H2,1-3H3/b24-21-,31-29-,32-30-. The third-order valence-corrected chi connectivity index (χ3v) is 16.6. The minimum absolute atomic E-state index is 0.0706. The molecule has 0 aromatic carbocycles. The van der Waals surface area contributed by atoms with E-state index in [9.17, 15) is 14.4 Å². The molecule has 0 bridgehead atoms. The highest BCUT2D eigenvalue weighted by Gasteiger charge is 2.19. The van der Waals surface area contributed by atoms with Crippen molar-refractivity contribution < 1.29 is 28.6 Å². The summed E-state index contributed by atoms with van der Waals surface area (Å²) in [5, 5.41) is 0. The van der Waals surface area contributed by atoms with E-state index in [0.717, 1.165) is 64.2 Å². The lowest BCUT2D eigenvalue weighted by molar-refractivity contribution is -0.167. The van der Waals surface area contributed by atoms with Crippen molar-refractivity contribution in [3.63, 3.8) is 0 Å². The molecule has 1 atom stereocenters. The first-order chi connectivity index (χ1) is 40.0. The van der Waals surface area contributed by atoms with Crippen LogP contribution in [0.2, 0.25) is 0 Å². The van der Waals surface area contributed by atoms with Crippen LogP contribution >= 0.6 is 0 Å². The zero-order valence-corrected chi connectivity index (χ0v) is 54.8. The fourth-order valence-electron chi connectivity index (χ4n) is 11.1. The van der Waals surface area contributed by atoms with Crippen LogP contribution in [0.3, 0.4) is 0 Å². The largest absolute Gasteiger partial charge is 0.462 e. The van der Waals surface area contributed by atoms with Gasteiger partial charge in [0.2, 0.25) is 0 Å². The summed E-state index contributed by atoms with van der Waals surface area (Å²) in [6, 6.07) is 0. The molecule has 0 heterocycles. The molecule has 0 aliphatic rings. The normalized spacial score (nSPS) is 12.2. The molecule has 0 aliphatic carbocycles. The molecule has 0 rings (SSSR count). The molecule has 0 saturated heterocycles. The topological polar surface area (TPSA) is 78.9 Å². The third kappa shape index (κ3) is 68.3. The number of carbonyl (C=O) groups is 3. The average Bonchev–Trinajstić information content (AvgIpc) is 3.46. The van der Waals surface area contributed by atoms with Crippen molar-refractivity contribution in [2.75, 3.05) is 13.2 Å². The summed E-state index contributed by atoms with van der Waals surface area (Å²) in [6.45, 7) is 6.69. The molecule has 6 heteroatoms. The molecular formula is C75H140O6. The van der Waals surface area contributed by atoms with E-state index in [1.807, 2.05) is 0 Å². The fourth-order valence-corrected chi connectivity index (χ4v) is 11.1. The molecule has 81 heavy (non-hydrogen) atoms. The predicted molar refractivity (Wildman–Crippen MR) is 353 cm³/mol. The first kappa shape index (κ1) is 78.6. The molecule has 0 aromatic rings. The van der Waals surface area contributed by atoms with Crippen LogP contribution < -0.4 is 0 Å². The van der Waals surface area contributed by atoms with Gasteiger partial charge in [-0.15, -0.1) is 0 Å². The lowest BCUT2D eigenvalue weighted by Crippen LogP contribution is -2.30. The quantitative estimate of drug-likeness (QED) is 0.0261. The smallest absolute Gasteiger partial charge is 0.306 e. The van der Waals surface area contributed by atoms with E-state index < -0.39 is 6.10 Å². The van der Waals surface area contributed by atoms with Gasteiger partial charge in [-0.25, -0.2) is 0 Å². The van der Waals surface area contributed by atoms with Gasteiger partial charge in [0.05, 0.1) is 0 Å². The van der Waals surface area contributed by atoms with Crippen LogP contribution in [0.5, 0.6) is 0 Å². The van der Waals surface area contributed by atoms with Crippen LogP contribution in [-0.2, 0) is 28.6 Å². The number of ether oxygens (including phenoxy) is 3. The van der Waals surface area contributed by atoms with Crippen molar-refractivity contribution in [1.82, 2.24) is 0 Å². The summed E-state index contributed by atoms with van der Waals surface area (Å²) in [5.74, 6) is -0.852. The van der Waals surface area contributed by atoms with Crippen molar-refractivity contribution >= 4 is 17.9 Å². The molecule has 1 unspecified atom stereocenters. The second kappa shape index (κ2) is 70.1. The molecule has 0 amide bonds. The SMILES string of the molecule is CCCCCC/C=C\CCCCCCCC(=O)OCC(COC(=O)CCCCCCCCCCCCCCCCC/C=C\CCCCCCCCCC)OC(=O)CCCCCCCCCCCCC/C=C\CCCCCCCCCC. The average molecular weight is 1140 g/mol. The molecular weight excluding hydrogens is 997 g/mol. The Bertz CT molecular complexity index is 1350. The van der Waals surface area contributed by atoms with E-state index in [-0.39, 0.29) is 31.1 Å². The lowest BCUT2D eigenvalue weighted by atomic mass is 10.0. The van der Waals surface area contributed by atoms with E-state index in [1.54, 1.807) is 0 Å². The third-order valence-electron chi connectivity index (χ3n) is 16.6. The maximum absolute atomic E-state index is 13.0. The molecule has 0 aliphatic heterocycles. The lowest BCUT2D eigenvalue weighted by Gasteiger charge is -2.18. The van der Waals surface area contributed by atoms with E-state index in [0.29, 0.717) is 19.3 Å². The molecule has 0 radical (unpaired) electrons. The van der Waals surface area contributed by atoms with E-state index in [1.165, 1.54) is 302 Å². The maximum Gasteiger partial charge on any atom is 0.306 e. The van der Waals surface area contributed by atoms with Crippen LogP contribution in [0.15, 0.2) is 36.5 Å². The highest BCUT2D eigenvalue weighted by molar-refractivity contribution is 5.71. The molecule has 0 spiro atoms. The summed E-state index contributed by atoms with van der Waals surface area (Å²) in [4.78, 5) is 38.4. The number of allylic oxidation sites excluding steroid dienone is 6. The van der Waals surface area contributed by atoms with Crippen LogP contribution in [0.4, 0.5) is 0 Å². The summed E-state index contributed by atoms with van der Waals surface area (Å²) < 4.78 is 17.0. The second-order valence-corrected chi connectivity index (χ2v) is 24.8. The Morgan fingerprint density at radius 2 is 0.407 bits per heavy atom. The predicted octanol–water partition coefficient (Wildman–Crippen LogP) is 25.1. The number of rotatable bonds is 68. The van der Waals surface area contributed by atoms with Gasteiger partial charge in [0.15, 0.2) is 6.10 Å². The van der Waals surface area contributed by atoms with Crippen LogP contribution in [-0.4, -0.2) is 37.2 Å². The summed E-state index contributed by atoms with van der Waals surface area (Å²) in [7, 11) is 0. The van der Waals surface area contributed by atoms with Crippen LogP contribution in [0.25, 0.3) is 0 Å². The molecule has 0 N–H and O–H groups in total. The zero-order valence-electron chi connectivity index (χ0n) is 54.8. The Kier molecular flexibility index (Phi) is 68.1. The van der Waals surface area contributed by atoms with Crippen molar-refractivity contribution in [3.8, 4) is 0 Å². The highest BCUT2D eigenvalue weighted by atomic mass is 16.6. The van der Waals surface area contributed by atoms with Crippen molar-refractivity contribution in [2.45, 2.75) is 412 Å². The van der Waals surface area contributed by atoms with Gasteiger partial charge in [-0.3, -0.25) is 14.4 Å². The minimum atomic E-state index is -0.775. The van der Waals surface area contributed by atoms with Crippen molar-refractivity contribution in [2.24, 2.45) is 0 Å². The Hall–Kier alpha value is -2.37. The first-order valence-electron chi connectivity index (χ1n) is 36.5. The summed E-state index contributed by atoms with van der Waals surface area (Å²) in [5.41, 5.74) is 0. The number of hydrogen-bond acceptors (Lipinski definition) is 6. The molecule has 6 nitrogen and oxygen atoms in total. The molecule has 0 aromatic heterocycles. The summed E-state index contributed by atoms with van der Waals surface area (Å²) >= 11 is 0. The highest BCUT2D eigenvalue weighted by Crippen LogP contribution is 2.18. The van der Waals surface area contributed by atoms with E-state index in [2.05, 4.69) is 57.2 Å². The van der Waals surface area contributed by atoms with Gasteiger partial charge in [0.25, 0.3) is 0 Å². The Morgan fingerprint density at radius 1 is 0.235 bits per heavy atom. The molecule has 0 saturated carbocycles. The Morgan fingerprint density at radius 3 is 0.630 bits per heavy atom. The van der Waals surface area contributed by atoms with Gasteiger partial charge in [0.1, 0.15) is 13.2 Å². The fraction of sp³-hybridized carbons (Fsp3) is 0.880. The molecule has 476 valence electrons. The van der Waals surface area contributed by atoms with Gasteiger partial charge in [0, 0.05) is 19.3 Å². The number of unbranched alkanes of at least 4 members (excludes halogenated alkanes) is 51. The van der Waals surface area contributed by atoms with Gasteiger partial charge < -0.3 is 14.2 Å². The Labute approximate surface area is 506 Å². The summed E-state index contributed by atoms with van der Waals surface area (Å²) in [6.07, 6.45) is 87.6. The van der Waals surface area contributed by atoms with Crippen LogP contribution in [0.1, 0.15) is 406 Å². The first-order valence-corrected chi connectivity index (χ1v) is 36.5. The van der Waals surface area contributed by atoms with E-state index in [4.69, 9.17) is 14.2 Å². The van der Waals surface area contributed by atoms with E-state index >= 15 is 0 Å². The Balaban J connectivity index is 4.21. The van der Waals surface area contributed by atoms with Gasteiger partial charge in [-0.1, -0.05) is 327 Å². The van der Waals surface area contributed by atoms with Crippen molar-refractivity contribution in [1.29, 1.82) is 0 Å². The van der Waals surface area contributed by atoms with Crippen molar-refractivity contribution in [3.05, 3.63) is 36.5 Å². The second-order valence-electron chi connectivity index (χ2n) is 24.8. The van der Waals surface area contributed by atoms with Crippen LogP contribution in [0, 0.1) is 0 Å². The zero-order chi connectivity index (χ0) is 58.5. The van der Waals surface area contributed by atoms with Gasteiger partial charge >= 0.3 is 17.9 Å². The minimum Gasteiger partial charge on any atom is -0.462 e. The van der Waals surface area contributed by atoms with Gasteiger partial charge in [-0.05, 0) is 96.3 Å². The number of esters is 3. The van der Waals surface area contributed by atoms with Gasteiger partial charge in [-0.2, -0.15) is 0 Å².